The number of thioether (sulfide) groups is 1. The van der Waals surface area contributed by atoms with Crippen molar-refractivity contribution in [3.8, 4) is 0 Å². The van der Waals surface area contributed by atoms with E-state index in [1.807, 2.05) is 18.2 Å². The molecule has 2 saturated heterocycles. The van der Waals surface area contributed by atoms with Crippen molar-refractivity contribution in [3.05, 3.63) is 30.3 Å². The molecular formula is C20H31N3OS. The second-order valence-corrected chi connectivity index (χ2v) is 8.32. The fraction of sp³-hybridized carbons (Fsp3) is 0.650. The van der Waals surface area contributed by atoms with E-state index in [1.165, 1.54) is 43.9 Å². The molecule has 1 aromatic rings. The van der Waals surface area contributed by atoms with Crippen LogP contribution in [0.2, 0.25) is 0 Å². The van der Waals surface area contributed by atoms with Crippen LogP contribution in [-0.4, -0.2) is 78.7 Å². The Morgan fingerprint density at radius 1 is 1.08 bits per heavy atom. The minimum atomic E-state index is 0.317. The summed E-state index contributed by atoms with van der Waals surface area (Å²) in [7, 11) is 2.20. The van der Waals surface area contributed by atoms with Crippen LogP contribution in [0.5, 0.6) is 0 Å². The summed E-state index contributed by atoms with van der Waals surface area (Å²) in [5.74, 6) is 0.881. The molecule has 0 N–H and O–H groups in total. The minimum absolute atomic E-state index is 0.317. The van der Waals surface area contributed by atoms with Gasteiger partial charge in [0.2, 0.25) is 5.91 Å². The molecule has 5 heteroatoms. The zero-order valence-corrected chi connectivity index (χ0v) is 16.2. The first-order valence-corrected chi connectivity index (χ1v) is 10.6. The number of benzene rings is 1. The molecule has 2 aliphatic rings. The third-order valence-electron chi connectivity index (χ3n) is 5.43. The molecule has 1 amide bonds. The first-order valence-electron chi connectivity index (χ1n) is 9.60. The van der Waals surface area contributed by atoms with Gasteiger partial charge < -0.3 is 14.7 Å². The van der Waals surface area contributed by atoms with Gasteiger partial charge in [0.25, 0.3) is 0 Å². The van der Waals surface area contributed by atoms with Gasteiger partial charge in [-0.15, -0.1) is 11.8 Å². The summed E-state index contributed by atoms with van der Waals surface area (Å²) in [6.45, 7) is 6.75. The van der Waals surface area contributed by atoms with Gasteiger partial charge in [-0.2, -0.15) is 0 Å². The number of nitrogens with zero attached hydrogens (tertiary/aromatic N) is 3. The normalized spacial score (nSPS) is 22.9. The number of hydrogen-bond donors (Lipinski definition) is 0. The van der Waals surface area contributed by atoms with Gasteiger partial charge in [-0.25, -0.2) is 0 Å². The standard InChI is InChI=1S/C20H31N3OS/c1-21-13-15-22(16-14-21)12-10-18-7-5-6-11-23(18)20(24)17-25-19-8-3-2-4-9-19/h2-4,8-9,18H,5-7,10-17H2,1H3. The summed E-state index contributed by atoms with van der Waals surface area (Å²) in [6.07, 6.45) is 4.73. The molecule has 0 saturated carbocycles. The molecule has 4 nitrogen and oxygen atoms in total. The lowest BCUT2D eigenvalue weighted by molar-refractivity contribution is -0.132. The van der Waals surface area contributed by atoms with Crippen molar-refractivity contribution in [2.75, 3.05) is 52.1 Å². The number of piperidine rings is 1. The van der Waals surface area contributed by atoms with Crippen LogP contribution in [0.4, 0.5) is 0 Å². The SMILES string of the molecule is CN1CCN(CCC2CCCCN2C(=O)CSc2ccccc2)CC1. The number of carbonyl (C=O) groups excluding carboxylic acids is 1. The Morgan fingerprint density at radius 2 is 1.84 bits per heavy atom. The van der Waals surface area contributed by atoms with Crippen LogP contribution in [0.3, 0.4) is 0 Å². The first-order chi connectivity index (χ1) is 12.2. The molecule has 0 spiro atoms. The number of rotatable bonds is 6. The Bertz CT molecular complexity index is 531. The van der Waals surface area contributed by atoms with Gasteiger partial charge >= 0.3 is 0 Å². The number of likely N-dealkylation sites (N-methyl/N-ethyl adjacent to an activating group) is 1. The Labute approximate surface area is 156 Å². The van der Waals surface area contributed by atoms with Crippen molar-refractivity contribution in [1.82, 2.24) is 14.7 Å². The molecule has 0 bridgehead atoms. The summed E-state index contributed by atoms with van der Waals surface area (Å²) >= 11 is 1.66. The molecular weight excluding hydrogens is 330 g/mol. The Morgan fingerprint density at radius 3 is 2.60 bits per heavy atom. The summed E-state index contributed by atoms with van der Waals surface area (Å²) in [6, 6.07) is 10.7. The van der Waals surface area contributed by atoms with Crippen LogP contribution >= 0.6 is 11.8 Å². The molecule has 0 radical (unpaired) electrons. The van der Waals surface area contributed by atoms with Crippen LogP contribution in [0.25, 0.3) is 0 Å². The summed E-state index contributed by atoms with van der Waals surface area (Å²) in [4.78, 5) is 21.1. The average molecular weight is 362 g/mol. The Hall–Kier alpha value is -1.04. The predicted octanol–water partition coefficient (Wildman–Crippen LogP) is 2.80. The van der Waals surface area contributed by atoms with Gasteiger partial charge in [0.1, 0.15) is 0 Å². The monoisotopic (exact) mass is 361 g/mol. The number of piperazine rings is 1. The van der Waals surface area contributed by atoms with Crippen LogP contribution in [0, 0.1) is 0 Å². The van der Waals surface area contributed by atoms with Crippen LogP contribution in [-0.2, 0) is 4.79 Å². The molecule has 1 atom stereocenters. The first kappa shape index (κ1) is 18.7. The Kier molecular flexibility index (Phi) is 7.20. The smallest absolute Gasteiger partial charge is 0.233 e. The van der Waals surface area contributed by atoms with E-state index in [0.29, 0.717) is 17.7 Å². The number of carbonyl (C=O) groups is 1. The van der Waals surface area contributed by atoms with E-state index in [0.717, 1.165) is 25.9 Å². The lowest BCUT2D eigenvalue weighted by Gasteiger charge is -2.38. The van der Waals surface area contributed by atoms with Crippen molar-refractivity contribution in [2.24, 2.45) is 0 Å². The van der Waals surface area contributed by atoms with E-state index in [2.05, 4.69) is 33.9 Å². The summed E-state index contributed by atoms with van der Waals surface area (Å²) < 4.78 is 0. The molecule has 0 aromatic heterocycles. The highest BCUT2D eigenvalue weighted by molar-refractivity contribution is 8.00. The fourth-order valence-electron chi connectivity index (χ4n) is 3.78. The fourth-order valence-corrected chi connectivity index (χ4v) is 4.58. The maximum atomic E-state index is 12.8. The zero-order chi connectivity index (χ0) is 17.5. The lowest BCUT2D eigenvalue weighted by Crippen LogP contribution is -2.48. The molecule has 25 heavy (non-hydrogen) atoms. The summed E-state index contributed by atoms with van der Waals surface area (Å²) in [5.41, 5.74) is 0. The highest BCUT2D eigenvalue weighted by Gasteiger charge is 2.27. The van der Waals surface area contributed by atoms with Crippen molar-refractivity contribution >= 4 is 17.7 Å². The Balaban J connectivity index is 1.47. The molecule has 0 aliphatic carbocycles. The van der Waals surface area contributed by atoms with Crippen LogP contribution in [0.15, 0.2) is 35.2 Å². The molecule has 2 heterocycles. The second-order valence-electron chi connectivity index (χ2n) is 7.27. The second kappa shape index (κ2) is 9.60. The van der Waals surface area contributed by atoms with E-state index >= 15 is 0 Å². The highest BCUT2D eigenvalue weighted by atomic mass is 32.2. The average Bonchev–Trinajstić information content (AvgIpc) is 2.67. The van der Waals surface area contributed by atoms with Crippen LogP contribution in [0.1, 0.15) is 25.7 Å². The van der Waals surface area contributed by atoms with Gasteiger partial charge in [-0.3, -0.25) is 4.79 Å². The number of amides is 1. The van der Waals surface area contributed by atoms with E-state index in [-0.39, 0.29) is 0 Å². The van der Waals surface area contributed by atoms with E-state index in [9.17, 15) is 4.79 Å². The zero-order valence-electron chi connectivity index (χ0n) is 15.4. The molecule has 3 rings (SSSR count). The predicted molar refractivity (Wildman–Crippen MR) is 105 cm³/mol. The van der Waals surface area contributed by atoms with Gasteiger partial charge in [0.15, 0.2) is 0 Å². The quantitative estimate of drug-likeness (QED) is 0.728. The third-order valence-corrected chi connectivity index (χ3v) is 6.42. The van der Waals surface area contributed by atoms with Gasteiger partial charge in [-0.1, -0.05) is 18.2 Å². The maximum Gasteiger partial charge on any atom is 0.233 e. The topological polar surface area (TPSA) is 26.8 Å². The van der Waals surface area contributed by atoms with Crippen LogP contribution < -0.4 is 0 Å². The van der Waals surface area contributed by atoms with E-state index in [4.69, 9.17) is 0 Å². The third kappa shape index (κ3) is 5.73. The van der Waals surface area contributed by atoms with E-state index in [1.54, 1.807) is 11.8 Å². The van der Waals surface area contributed by atoms with Crippen molar-refractivity contribution in [3.63, 3.8) is 0 Å². The molecule has 2 aliphatic heterocycles. The lowest BCUT2D eigenvalue weighted by atomic mass is 9.99. The van der Waals surface area contributed by atoms with Crippen molar-refractivity contribution in [2.45, 2.75) is 36.6 Å². The largest absolute Gasteiger partial charge is 0.339 e. The maximum absolute atomic E-state index is 12.8. The van der Waals surface area contributed by atoms with Crippen molar-refractivity contribution < 1.29 is 4.79 Å². The van der Waals surface area contributed by atoms with Gasteiger partial charge in [-0.05, 0) is 44.9 Å². The number of likely N-dealkylation sites (tertiary alicyclic amines) is 1. The summed E-state index contributed by atoms with van der Waals surface area (Å²) in [5, 5.41) is 0. The van der Waals surface area contributed by atoms with Gasteiger partial charge in [0.05, 0.1) is 5.75 Å². The van der Waals surface area contributed by atoms with Gasteiger partial charge in [0, 0.05) is 50.2 Å². The minimum Gasteiger partial charge on any atom is -0.339 e. The molecule has 1 aromatic carbocycles. The highest BCUT2D eigenvalue weighted by Crippen LogP contribution is 2.23. The molecule has 2 fully saturated rings. The molecule has 138 valence electrons. The van der Waals surface area contributed by atoms with Crippen molar-refractivity contribution in [1.29, 1.82) is 0 Å². The molecule has 1 unspecified atom stereocenters. The number of hydrogen-bond acceptors (Lipinski definition) is 4. The van der Waals surface area contributed by atoms with E-state index < -0.39 is 0 Å².